The van der Waals surface area contributed by atoms with E-state index in [1.54, 1.807) is 18.7 Å². The number of urea groups is 1. The molecule has 0 radical (unpaired) electrons. The van der Waals surface area contributed by atoms with Gasteiger partial charge >= 0.3 is 12.2 Å². The zero-order valence-corrected chi connectivity index (χ0v) is 17.2. The van der Waals surface area contributed by atoms with Gasteiger partial charge < -0.3 is 15.1 Å². The largest absolute Gasteiger partial charge is 0.417 e. The van der Waals surface area contributed by atoms with Crippen molar-refractivity contribution in [2.45, 2.75) is 32.0 Å². The quantitative estimate of drug-likeness (QED) is 0.715. The van der Waals surface area contributed by atoms with Gasteiger partial charge in [0.2, 0.25) is 5.91 Å². The van der Waals surface area contributed by atoms with Gasteiger partial charge in [-0.25, -0.2) is 9.78 Å². The summed E-state index contributed by atoms with van der Waals surface area (Å²) in [5.41, 5.74) is -1.95. The predicted octanol–water partition coefficient (Wildman–Crippen LogP) is 2.12. The lowest BCUT2D eigenvalue weighted by Gasteiger charge is -2.36. The first-order valence-electron chi connectivity index (χ1n) is 9.36. The number of aromatic nitrogens is 1. The van der Waals surface area contributed by atoms with Crippen LogP contribution in [0.25, 0.3) is 0 Å². The highest BCUT2D eigenvalue weighted by Gasteiger charge is 2.47. The molecular weight excluding hydrogens is 427 g/mol. The van der Waals surface area contributed by atoms with Gasteiger partial charge in [0.05, 0.1) is 10.6 Å². The molecule has 2 aliphatic heterocycles. The molecule has 0 bridgehead atoms. The summed E-state index contributed by atoms with van der Waals surface area (Å²) in [6.07, 6.45) is -3.41. The average molecular weight is 448 g/mol. The normalized spacial score (nSPS) is 22.5. The molecule has 0 spiro atoms. The Morgan fingerprint density at radius 2 is 1.90 bits per heavy atom. The second-order valence-corrected chi connectivity index (χ2v) is 7.81. The van der Waals surface area contributed by atoms with Gasteiger partial charge in [0.1, 0.15) is 17.9 Å². The first-order chi connectivity index (χ1) is 14.0. The van der Waals surface area contributed by atoms with Crippen LogP contribution >= 0.6 is 11.6 Å². The zero-order chi connectivity index (χ0) is 22.3. The topological polar surface area (TPSA) is 85.8 Å². The molecule has 0 saturated carbocycles. The monoisotopic (exact) mass is 447 g/mol. The summed E-state index contributed by atoms with van der Waals surface area (Å²) in [5.74, 6) is -0.614. The van der Waals surface area contributed by atoms with Crippen LogP contribution in [0.5, 0.6) is 0 Å². The van der Waals surface area contributed by atoms with E-state index in [2.05, 4.69) is 10.3 Å². The predicted molar refractivity (Wildman–Crippen MR) is 102 cm³/mol. The number of hydrogen-bond acceptors (Lipinski definition) is 5. The van der Waals surface area contributed by atoms with Crippen molar-refractivity contribution in [2.75, 3.05) is 37.6 Å². The van der Waals surface area contributed by atoms with Crippen molar-refractivity contribution < 1.29 is 27.6 Å². The Balaban J connectivity index is 1.60. The van der Waals surface area contributed by atoms with Crippen molar-refractivity contribution in [3.63, 3.8) is 0 Å². The first-order valence-corrected chi connectivity index (χ1v) is 9.73. The number of nitrogens with zero attached hydrogens (tertiary/aromatic N) is 4. The van der Waals surface area contributed by atoms with Crippen LogP contribution in [-0.4, -0.2) is 70.9 Å². The van der Waals surface area contributed by atoms with E-state index < -0.39 is 29.2 Å². The van der Waals surface area contributed by atoms with Crippen molar-refractivity contribution in [3.8, 4) is 0 Å². The maximum absolute atomic E-state index is 12.8. The molecule has 0 unspecified atom stereocenters. The molecule has 2 fully saturated rings. The Bertz CT molecular complexity index is 873. The highest BCUT2D eigenvalue weighted by atomic mass is 35.5. The highest BCUT2D eigenvalue weighted by Crippen LogP contribution is 2.33. The number of piperazine rings is 1. The Kier molecular flexibility index (Phi) is 5.85. The van der Waals surface area contributed by atoms with E-state index in [4.69, 9.17) is 11.6 Å². The van der Waals surface area contributed by atoms with E-state index >= 15 is 0 Å². The Morgan fingerprint density at radius 1 is 1.27 bits per heavy atom. The van der Waals surface area contributed by atoms with Crippen LogP contribution < -0.4 is 10.2 Å². The number of nitrogens with one attached hydrogen (secondary N) is 1. The minimum absolute atomic E-state index is 0.122. The van der Waals surface area contributed by atoms with Gasteiger partial charge in [-0.3, -0.25) is 14.5 Å². The van der Waals surface area contributed by atoms with Gasteiger partial charge in [0.15, 0.2) is 0 Å². The van der Waals surface area contributed by atoms with E-state index in [-0.39, 0.29) is 36.4 Å². The lowest BCUT2D eigenvalue weighted by Crippen LogP contribution is -2.52. The fourth-order valence-corrected chi connectivity index (χ4v) is 3.64. The van der Waals surface area contributed by atoms with Crippen LogP contribution in [0.3, 0.4) is 0 Å². The van der Waals surface area contributed by atoms with E-state index in [0.29, 0.717) is 19.5 Å². The van der Waals surface area contributed by atoms with Crippen molar-refractivity contribution in [1.82, 2.24) is 20.1 Å². The van der Waals surface area contributed by atoms with E-state index in [9.17, 15) is 27.6 Å². The molecular formula is C18H21ClF3N5O3. The molecule has 30 heavy (non-hydrogen) atoms. The molecule has 4 amide bonds. The third-order valence-corrected chi connectivity index (χ3v) is 5.70. The summed E-state index contributed by atoms with van der Waals surface area (Å²) < 4.78 is 38.3. The summed E-state index contributed by atoms with van der Waals surface area (Å²) in [5, 5.41) is 2.47. The Morgan fingerprint density at radius 3 is 2.40 bits per heavy atom. The van der Waals surface area contributed by atoms with Crippen LogP contribution in [0.4, 0.5) is 23.8 Å². The summed E-state index contributed by atoms with van der Waals surface area (Å²) in [7, 11) is 0. The molecule has 1 atom stereocenters. The second kappa shape index (κ2) is 7.93. The Labute approximate surface area is 175 Å². The fourth-order valence-electron chi connectivity index (χ4n) is 3.35. The number of carbonyl (C=O) groups is 3. The summed E-state index contributed by atoms with van der Waals surface area (Å²) >= 11 is 5.98. The van der Waals surface area contributed by atoms with Gasteiger partial charge in [-0.2, -0.15) is 13.2 Å². The fraction of sp³-hybridized carbons (Fsp3) is 0.556. The maximum Gasteiger partial charge on any atom is 0.417 e. The van der Waals surface area contributed by atoms with Gasteiger partial charge in [-0.1, -0.05) is 18.5 Å². The number of anilines is 1. The highest BCUT2D eigenvalue weighted by molar-refractivity contribution is 6.33. The van der Waals surface area contributed by atoms with Crippen LogP contribution in [0.2, 0.25) is 5.02 Å². The molecule has 0 aliphatic carbocycles. The number of alkyl halides is 3. The molecule has 1 aromatic heterocycles. The van der Waals surface area contributed by atoms with Crippen LogP contribution in [0.15, 0.2) is 12.3 Å². The molecule has 2 aliphatic rings. The van der Waals surface area contributed by atoms with Crippen molar-refractivity contribution in [3.05, 3.63) is 22.8 Å². The van der Waals surface area contributed by atoms with Crippen molar-refractivity contribution in [2.24, 2.45) is 0 Å². The molecule has 1 N–H and O–H groups in total. The summed E-state index contributed by atoms with van der Waals surface area (Å²) in [6, 6.07) is 0.223. The number of amides is 4. The number of hydrogen-bond donors (Lipinski definition) is 1. The van der Waals surface area contributed by atoms with Crippen LogP contribution in [-0.2, 0) is 15.8 Å². The number of halogens is 4. The van der Waals surface area contributed by atoms with E-state index in [0.717, 1.165) is 17.2 Å². The molecule has 8 nitrogen and oxygen atoms in total. The van der Waals surface area contributed by atoms with Crippen LogP contribution in [0, 0.1) is 0 Å². The number of pyridine rings is 1. The van der Waals surface area contributed by atoms with Gasteiger partial charge in [0, 0.05) is 32.4 Å². The van der Waals surface area contributed by atoms with Crippen LogP contribution in [0.1, 0.15) is 25.8 Å². The number of rotatable bonds is 4. The van der Waals surface area contributed by atoms with Crippen molar-refractivity contribution >= 4 is 35.3 Å². The average Bonchev–Trinajstić information content (AvgIpc) is 2.91. The lowest BCUT2D eigenvalue weighted by atomic mass is 9.99. The SMILES string of the molecule is CC[C@]1(C)NC(=O)N(CC(=O)N2CCN(c3ncc(C(F)(F)F)cc3Cl)CC2)C1=O. The molecule has 0 aromatic carbocycles. The third-order valence-electron chi connectivity index (χ3n) is 5.43. The summed E-state index contributed by atoms with van der Waals surface area (Å²) in [6.45, 7) is 4.13. The number of imide groups is 1. The minimum atomic E-state index is -4.53. The zero-order valence-electron chi connectivity index (χ0n) is 16.4. The molecule has 12 heteroatoms. The third kappa shape index (κ3) is 4.16. The standard InChI is InChI=1S/C18H21ClF3N5O3/c1-3-17(2)15(29)27(16(30)24-17)10-13(28)25-4-6-26(7-5-25)14-12(19)8-11(9-23-14)18(20,21)22/h8-9H,3-7,10H2,1-2H3,(H,24,30)/t17-/m0/s1. The molecule has 3 rings (SSSR count). The maximum atomic E-state index is 12.8. The Hall–Kier alpha value is -2.56. The van der Waals surface area contributed by atoms with E-state index in [1.165, 1.54) is 4.90 Å². The molecule has 2 saturated heterocycles. The number of carbonyl (C=O) groups excluding carboxylic acids is 3. The molecule has 3 heterocycles. The van der Waals surface area contributed by atoms with Gasteiger partial charge in [-0.05, 0) is 19.4 Å². The minimum Gasteiger partial charge on any atom is -0.352 e. The van der Waals surface area contributed by atoms with Crippen molar-refractivity contribution in [1.29, 1.82) is 0 Å². The lowest BCUT2D eigenvalue weighted by molar-refractivity contribution is -0.139. The smallest absolute Gasteiger partial charge is 0.352 e. The molecule has 164 valence electrons. The van der Waals surface area contributed by atoms with E-state index in [1.807, 2.05) is 0 Å². The first kappa shape index (κ1) is 22.1. The van der Waals surface area contributed by atoms with Gasteiger partial charge in [-0.15, -0.1) is 0 Å². The second-order valence-electron chi connectivity index (χ2n) is 7.40. The molecule has 1 aromatic rings. The van der Waals surface area contributed by atoms with Gasteiger partial charge in [0.25, 0.3) is 5.91 Å². The summed E-state index contributed by atoms with van der Waals surface area (Å²) in [4.78, 5) is 45.0.